The fraction of sp³-hybridized carbons (Fsp3) is 0.333. The lowest BCUT2D eigenvalue weighted by molar-refractivity contribution is -0.115. The zero-order valence-electron chi connectivity index (χ0n) is 16.0. The van der Waals surface area contributed by atoms with Crippen molar-refractivity contribution >= 4 is 29.1 Å². The van der Waals surface area contributed by atoms with Crippen LogP contribution in [0.5, 0.6) is 11.5 Å². The number of carbonyl (C=O) groups is 2. The zero-order chi connectivity index (χ0) is 20.1. The molecule has 2 amide bonds. The Morgan fingerprint density at radius 1 is 1.04 bits per heavy atom. The molecule has 0 unspecified atom stereocenters. The topological polar surface area (TPSA) is 67.9 Å². The number of hydrogen-bond donors (Lipinski definition) is 1. The normalized spacial score (nSPS) is 13.3. The summed E-state index contributed by atoms with van der Waals surface area (Å²) < 4.78 is 10.5. The number of benzene rings is 2. The molecule has 148 valence electrons. The van der Waals surface area contributed by atoms with Crippen molar-refractivity contribution < 1.29 is 19.1 Å². The van der Waals surface area contributed by atoms with Crippen molar-refractivity contribution in [1.82, 2.24) is 4.90 Å². The van der Waals surface area contributed by atoms with Gasteiger partial charge in [0.2, 0.25) is 5.91 Å². The predicted octanol–water partition coefficient (Wildman–Crippen LogP) is 3.77. The summed E-state index contributed by atoms with van der Waals surface area (Å²) >= 11 is 6.09. The third-order valence-corrected chi connectivity index (χ3v) is 4.93. The van der Waals surface area contributed by atoms with Crippen molar-refractivity contribution in [2.75, 3.05) is 32.6 Å². The number of carbonyl (C=O) groups excluding carboxylic acids is 2. The molecule has 28 heavy (non-hydrogen) atoms. The zero-order valence-corrected chi connectivity index (χ0v) is 16.7. The van der Waals surface area contributed by atoms with Crippen molar-refractivity contribution in [1.29, 1.82) is 0 Å². The van der Waals surface area contributed by atoms with Gasteiger partial charge in [-0.1, -0.05) is 17.7 Å². The number of nitrogens with one attached hydrogen (secondary N) is 1. The summed E-state index contributed by atoms with van der Waals surface area (Å²) in [6.45, 7) is 1.47. The smallest absolute Gasteiger partial charge is 0.255 e. The van der Waals surface area contributed by atoms with Gasteiger partial charge in [0.05, 0.1) is 31.9 Å². The van der Waals surface area contributed by atoms with Gasteiger partial charge in [-0.25, -0.2) is 0 Å². The Hall–Kier alpha value is -2.73. The Morgan fingerprint density at radius 3 is 2.43 bits per heavy atom. The van der Waals surface area contributed by atoms with Gasteiger partial charge in [-0.15, -0.1) is 0 Å². The predicted molar refractivity (Wildman–Crippen MR) is 108 cm³/mol. The van der Waals surface area contributed by atoms with Gasteiger partial charge >= 0.3 is 0 Å². The summed E-state index contributed by atoms with van der Waals surface area (Å²) in [5, 5.41) is 3.29. The Balaban J connectivity index is 1.76. The number of ether oxygens (including phenoxy) is 2. The maximum atomic E-state index is 12.8. The molecular weight excluding hydrogens is 380 g/mol. The molecule has 1 N–H and O–H groups in total. The maximum Gasteiger partial charge on any atom is 0.255 e. The number of nitrogens with zero attached hydrogens (tertiary/aromatic N) is 1. The van der Waals surface area contributed by atoms with E-state index in [-0.39, 0.29) is 18.2 Å². The molecule has 0 atom stereocenters. The van der Waals surface area contributed by atoms with Gasteiger partial charge in [0.1, 0.15) is 0 Å². The minimum absolute atomic E-state index is 0.0874. The summed E-state index contributed by atoms with van der Waals surface area (Å²) in [4.78, 5) is 27.2. The molecular formula is C21H23ClN2O4. The van der Waals surface area contributed by atoms with E-state index in [1.54, 1.807) is 55.5 Å². The first-order valence-corrected chi connectivity index (χ1v) is 9.49. The van der Waals surface area contributed by atoms with Gasteiger partial charge in [-0.2, -0.15) is 0 Å². The standard InChI is InChI=1S/C21H23ClN2O4/c1-27-18-8-5-14(11-19(18)28-2)12-20(25)23-17-13-15(22)6-7-16(17)21(26)24-9-3-4-10-24/h5-8,11,13H,3-4,9-10,12H2,1-2H3,(H,23,25). The quantitative estimate of drug-likeness (QED) is 0.798. The van der Waals surface area contributed by atoms with Crippen molar-refractivity contribution in [2.45, 2.75) is 19.3 Å². The van der Waals surface area contributed by atoms with Crippen LogP contribution in [0.4, 0.5) is 5.69 Å². The van der Waals surface area contributed by atoms with Crippen LogP contribution in [0, 0.1) is 0 Å². The van der Waals surface area contributed by atoms with E-state index in [0.717, 1.165) is 31.5 Å². The largest absolute Gasteiger partial charge is 0.493 e. The van der Waals surface area contributed by atoms with Gasteiger partial charge in [-0.05, 0) is 48.7 Å². The molecule has 7 heteroatoms. The van der Waals surface area contributed by atoms with E-state index in [9.17, 15) is 9.59 Å². The first-order valence-electron chi connectivity index (χ1n) is 9.11. The number of halogens is 1. The summed E-state index contributed by atoms with van der Waals surface area (Å²) in [6, 6.07) is 10.2. The molecule has 0 radical (unpaired) electrons. The van der Waals surface area contributed by atoms with E-state index < -0.39 is 0 Å². The molecule has 2 aromatic carbocycles. The molecule has 0 aliphatic carbocycles. The second kappa shape index (κ2) is 8.97. The minimum atomic E-state index is -0.245. The number of likely N-dealkylation sites (tertiary alicyclic amines) is 1. The van der Waals surface area contributed by atoms with E-state index in [1.807, 2.05) is 0 Å². The number of methoxy groups -OCH3 is 2. The second-order valence-electron chi connectivity index (χ2n) is 6.60. The van der Waals surface area contributed by atoms with Crippen molar-refractivity contribution in [2.24, 2.45) is 0 Å². The van der Waals surface area contributed by atoms with Crippen LogP contribution in [0.3, 0.4) is 0 Å². The highest BCUT2D eigenvalue weighted by atomic mass is 35.5. The molecule has 1 fully saturated rings. The fourth-order valence-electron chi connectivity index (χ4n) is 3.27. The number of rotatable bonds is 6. The molecule has 0 saturated carbocycles. The van der Waals surface area contributed by atoms with E-state index in [1.165, 1.54) is 0 Å². The van der Waals surface area contributed by atoms with E-state index in [0.29, 0.717) is 27.8 Å². The molecule has 6 nitrogen and oxygen atoms in total. The minimum Gasteiger partial charge on any atom is -0.493 e. The van der Waals surface area contributed by atoms with E-state index in [4.69, 9.17) is 21.1 Å². The summed E-state index contributed by atoms with van der Waals surface area (Å²) in [7, 11) is 3.10. The lowest BCUT2D eigenvalue weighted by Gasteiger charge is -2.18. The maximum absolute atomic E-state index is 12.8. The van der Waals surface area contributed by atoms with Crippen molar-refractivity contribution in [3.8, 4) is 11.5 Å². The average molecular weight is 403 g/mol. The lowest BCUT2D eigenvalue weighted by atomic mass is 10.1. The summed E-state index contributed by atoms with van der Waals surface area (Å²) in [6.07, 6.45) is 2.13. The first kappa shape index (κ1) is 20.0. The molecule has 0 bridgehead atoms. The molecule has 1 aliphatic rings. The van der Waals surface area contributed by atoms with Crippen molar-refractivity contribution in [3.05, 3.63) is 52.5 Å². The fourth-order valence-corrected chi connectivity index (χ4v) is 3.44. The van der Waals surface area contributed by atoms with E-state index in [2.05, 4.69) is 5.32 Å². The first-order chi connectivity index (χ1) is 13.5. The Kier molecular flexibility index (Phi) is 6.41. The lowest BCUT2D eigenvalue weighted by Crippen LogP contribution is -2.29. The van der Waals surface area contributed by atoms with Crippen LogP contribution < -0.4 is 14.8 Å². The van der Waals surface area contributed by atoms with Crippen LogP contribution in [0.25, 0.3) is 0 Å². The van der Waals surface area contributed by atoms with Crippen LogP contribution in [0.2, 0.25) is 5.02 Å². The monoisotopic (exact) mass is 402 g/mol. The molecule has 1 aliphatic heterocycles. The molecule has 1 saturated heterocycles. The van der Waals surface area contributed by atoms with Gasteiger partial charge in [-0.3, -0.25) is 9.59 Å². The van der Waals surface area contributed by atoms with Crippen LogP contribution in [-0.4, -0.2) is 44.0 Å². The second-order valence-corrected chi connectivity index (χ2v) is 7.04. The average Bonchev–Trinajstić information content (AvgIpc) is 3.22. The summed E-state index contributed by atoms with van der Waals surface area (Å²) in [5.41, 5.74) is 1.64. The van der Waals surface area contributed by atoms with Crippen LogP contribution in [0.15, 0.2) is 36.4 Å². The SMILES string of the molecule is COc1ccc(CC(=O)Nc2cc(Cl)ccc2C(=O)N2CCCC2)cc1OC. The Bertz CT molecular complexity index is 879. The molecule has 2 aromatic rings. The van der Waals surface area contributed by atoms with Gasteiger partial charge in [0.15, 0.2) is 11.5 Å². The van der Waals surface area contributed by atoms with Crippen molar-refractivity contribution in [3.63, 3.8) is 0 Å². The molecule has 3 rings (SSSR count). The highest BCUT2D eigenvalue weighted by Crippen LogP contribution is 2.28. The van der Waals surface area contributed by atoms with Crippen LogP contribution in [0.1, 0.15) is 28.8 Å². The van der Waals surface area contributed by atoms with Gasteiger partial charge in [0.25, 0.3) is 5.91 Å². The number of amides is 2. The Morgan fingerprint density at radius 2 is 1.75 bits per heavy atom. The molecule has 1 heterocycles. The number of anilines is 1. The van der Waals surface area contributed by atoms with Gasteiger partial charge in [0, 0.05) is 18.1 Å². The van der Waals surface area contributed by atoms with Gasteiger partial charge < -0.3 is 19.7 Å². The van der Waals surface area contributed by atoms with Crippen LogP contribution in [-0.2, 0) is 11.2 Å². The summed E-state index contributed by atoms with van der Waals surface area (Å²) in [5.74, 6) is 0.820. The highest BCUT2D eigenvalue weighted by Gasteiger charge is 2.23. The highest BCUT2D eigenvalue weighted by molar-refractivity contribution is 6.31. The Labute approximate surface area is 169 Å². The molecule has 0 spiro atoms. The number of hydrogen-bond acceptors (Lipinski definition) is 4. The van der Waals surface area contributed by atoms with Crippen LogP contribution >= 0.6 is 11.6 Å². The van der Waals surface area contributed by atoms with E-state index >= 15 is 0 Å². The third-order valence-electron chi connectivity index (χ3n) is 4.69. The molecule has 0 aromatic heterocycles. The third kappa shape index (κ3) is 4.57.